The Hall–Kier alpha value is -1.35. The van der Waals surface area contributed by atoms with Crippen molar-refractivity contribution in [2.24, 2.45) is 0 Å². The van der Waals surface area contributed by atoms with E-state index in [9.17, 15) is 4.79 Å². The van der Waals surface area contributed by atoms with E-state index in [0.717, 1.165) is 30.5 Å². The molecular formula is C14H19NO2. The zero-order chi connectivity index (χ0) is 12.3. The lowest BCUT2D eigenvalue weighted by molar-refractivity contribution is 0.0623. The van der Waals surface area contributed by atoms with Crippen LogP contribution in [-0.4, -0.2) is 35.1 Å². The van der Waals surface area contributed by atoms with E-state index >= 15 is 0 Å². The molecule has 1 N–H and O–H groups in total. The van der Waals surface area contributed by atoms with Crippen molar-refractivity contribution < 1.29 is 9.90 Å². The molecule has 0 aliphatic carbocycles. The standard InChI is InChI=1S/C14H19NO2/c1-2-12(8-10-16)15-9-7-11-5-3-4-6-13(11)14(15)17/h3-6,12,16H,2,7-10H2,1H3. The van der Waals surface area contributed by atoms with E-state index in [2.05, 4.69) is 6.92 Å². The molecule has 1 aromatic rings. The molecule has 0 fully saturated rings. The van der Waals surface area contributed by atoms with E-state index in [1.807, 2.05) is 29.2 Å². The third-order valence-corrected chi connectivity index (χ3v) is 3.51. The predicted octanol–water partition coefficient (Wildman–Crippen LogP) is 1.85. The summed E-state index contributed by atoms with van der Waals surface area (Å²) in [5.41, 5.74) is 1.97. The molecule has 0 aromatic heterocycles. The minimum absolute atomic E-state index is 0.118. The molecule has 1 atom stereocenters. The largest absolute Gasteiger partial charge is 0.396 e. The van der Waals surface area contributed by atoms with Crippen LogP contribution < -0.4 is 0 Å². The van der Waals surface area contributed by atoms with Crippen molar-refractivity contribution in [3.8, 4) is 0 Å². The smallest absolute Gasteiger partial charge is 0.254 e. The van der Waals surface area contributed by atoms with Crippen LogP contribution in [0, 0.1) is 0 Å². The third-order valence-electron chi connectivity index (χ3n) is 3.51. The van der Waals surface area contributed by atoms with Crippen molar-refractivity contribution in [2.45, 2.75) is 32.2 Å². The molecule has 0 bridgehead atoms. The molecule has 3 nitrogen and oxygen atoms in total. The Morgan fingerprint density at radius 1 is 1.41 bits per heavy atom. The number of amides is 1. The van der Waals surface area contributed by atoms with Crippen LogP contribution >= 0.6 is 0 Å². The first-order valence-corrected chi connectivity index (χ1v) is 6.27. The highest BCUT2D eigenvalue weighted by Crippen LogP contribution is 2.22. The first-order valence-electron chi connectivity index (χ1n) is 6.27. The van der Waals surface area contributed by atoms with E-state index < -0.39 is 0 Å². The van der Waals surface area contributed by atoms with Gasteiger partial charge in [-0.2, -0.15) is 0 Å². The molecule has 1 unspecified atom stereocenters. The maximum absolute atomic E-state index is 12.3. The van der Waals surface area contributed by atoms with Gasteiger partial charge < -0.3 is 10.0 Å². The summed E-state index contributed by atoms with van der Waals surface area (Å²) >= 11 is 0. The summed E-state index contributed by atoms with van der Waals surface area (Å²) in [4.78, 5) is 14.3. The van der Waals surface area contributed by atoms with Gasteiger partial charge in [0.05, 0.1) is 0 Å². The second-order valence-electron chi connectivity index (χ2n) is 4.48. The van der Waals surface area contributed by atoms with E-state index in [1.54, 1.807) is 0 Å². The van der Waals surface area contributed by atoms with Gasteiger partial charge >= 0.3 is 0 Å². The van der Waals surface area contributed by atoms with Gasteiger partial charge in [-0.15, -0.1) is 0 Å². The highest BCUT2D eigenvalue weighted by molar-refractivity contribution is 5.96. The average Bonchev–Trinajstić information content (AvgIpc) is 2.37. The van der Waals surface area contributed by atoms with Gasteiger partial charge in [0, 0.05) is 24.8 Å². The lowest BCUT2D eigenvalue weighted by Gasteiger charge is -2.35. The quantitative estimate of drug-likeness (QED) is 0.862. The van der Waals surface area contributed by atoms with Crippen LogP contribution in [-0.2, 0) is 6.42 Å². The Labute approximate surface area is 102 Å². The van der Waals surface area contributed by atoms with Crippen molar-refractivity contribution in [3.63, 3.8) is 0 Å². The van der Waals surface area contributed by atoms with Crippen molar-refractivity contribution in [1.29, 1.82) is 0 Å². The van der Waals surface area contributed by atoms with Crippen LogP contribution in [0.25, 0.3) is 0 Å². The van der Waals surface area contributed by atoms with Crippen molar-refractivity contribution in [2.75, 3.05) is 13.2 Å². The van der Waals surface area contributed by atoms with E-state index in [0.29, 0.717) is 6.42 Å². The van der Waals surface area contributed by atoms with Gasteiger partial charge in [-0.1, -0.05) is 25.1 Å². The predicted molar refractivity (Wildman–Crippen MR) is 67.0 cm³/mol. The molecule has 1 aromatic carbocycles. The number of benzene rings is 1. The van der Waals surface area contributed by atoms with E-state index in [-0.39, 0.29) is 18.6 Å². The lowest BCUT2D eigenvalue weighted by atomic mass is 9.96. The van der Waals surface area contributed by atoms with Crippen LogP contribution in [0.3, 0.4) is 0 Å². The fourth-order valence-corrected chi connectivity index (χ4v) is 2.52. The number of aliphatic hydroxyl groups excluding tert-OH is 1. The number of carbonyl (C=O) groups excluding carboxylic acids is 1. The molecule has 1 aliphatic heterocycles. The first-order chi connectivity index (χ1) is 8.27. The summed E-state index contributed by atoms with van der Waals surface area (Å²) in [6, 6.07) is 7.98. The zero-order valence-electron chi connectivity index (χ0n) is 10.2. The number of rotatable bonds is 4. The van der Waals surface area contributed by atoms with Crippen LogP contribution in [0.4, 0.5) is 0 Å². The van der Waals surface area contributed by atoms with Crippen LogP contribution in [0.2, 0.25) is 0 Å². The van der Waals surface area contributed by atoms with Gasteiger partial charge in [0.2, 0.25) is 0 Å². The average molecular weight is 233 g/mol. The van der Waals surface area contributed by atoms with Gasteiger partial charge in [-0.3, -0.25) is 4.79 Å². The minimum Gasteiger partial charge on any atom is -0.396 e. The zero-order valence-corrected chi connectivity index (χ0v) is 10.2. The topological polar surface area (TPSA) is 40.5 Å². The number of nitrogens with zero attached hydrogens (tertiary/aromatic N) is 1. The summed E-state index contributed by atoms with van der Waals surface area (Å²) in [6.45, 7) is 2.98. The number of aliphatic hydroxyl groups is 1. The molecular weight excluding hydrogens is 214 g/mol. The summed E-state index contributed by atoms with van der Waals surface area (Å²) in [5.74, 6) is 0.118. The second kappa shape index (κ2) is 5.32. The number of hydrogen-bond donors (Lipinski definition) is 1. The summed E-state index contributed by atoms with van der Waals surface area (Å²) in [7, 11) is 0. The molecule has 0 spiro atoms. The maximum Gasteiger partial charge on any atom is 0.254 e. The normalized spacial score (nSPS) is 16.8. The van der Waals surface area contributed by atoms with Gasteiger partial charge in [-0.05, 0) is 30.9 Å². The summed E-state index contributed by atoms with van der Waals surface area (Å²) < 4.78 is 0. The van der Waals surface area contributed by atoms with Crippen LogP contribution in [0.1, 0.15) is 35.7 Å². The first kappa shape index (κ1) is 12.1. The SMILES string of the molecule is CCC(CCO)N1CCc2ccccc2C1=O. The lowest BCUT2D eigenvalue weighted by Crippen LogP contribution is -2.44. The van der Waals surface area contributed by atoms with Crippen molar-refractivity contribution in [3.05, 3.63) is 35.4 Å². The van der Waals surface area contributed by atoms with Crippen molar-refractivity contribution >= 4 is 5.91 Å². The van der Waals surface area contributed by atoms with Crippen molar-refractivity contribution in [1.82, 2.24) is 4.90 Å². The molecule has 0 saturated heterocycles. The molecule has 3 heteroatoms. The summed E-state index contributed by atoms with van der Waals surface area (Å²) in [5, 5.41) is 9.04. The fraction of sp³-hybridized carbons (Fsp3) is 0.500. The summed E-state index contributed by atoms with van der Waals surface area (Å²) in [6.07, 6.45) is 2.49. The number of carbonyl (C=O) groups is 1. The molecule has 17 heavy (non-hydrogen) atoms. The Morgan fingerprint density at radius 3 is 2.88 bits per heavy atom. The maximum atomic E-state index is 12.3. The highest BCUT2D eigenvalue weighted by atomic mass is 16.3. The molecule has 0 radical (unpaired) electrons. The third kappa shape index (κ3) is 2.34. The fourth-order valence-electron chi connectivity index (χ4n) is 2.52. The molecule has 1 aliphatic rings. The molecule has 1 amide bonds. The molecule has 0 saturated carbocycles. The Morgan fingerprint density at radius 2 is 2.18 bits per heavy atom. The Bertz CT molecular complexity index is 403. The van der Waals surface area contributed by atoms with Gasteiger partial charge in [0.1, 0.15) is 0 Å². The number of fused-ring (bicyclic) bond motifs is 1. The van der Waals surface area contributed by atoms with Gasteiger partial charge in [0.25, 0.3) is 5.91 Å². The molecule has 2 rings (SSSR count). The molecule has 92 valence electrons. The van der Waals surface area contributed by atoms with Crippen LogP contribution in [0.15, 0.2) is 24.3 Å². The highest BCUT2D eigenvalue weighted by Gasteiger charge is 2.28. The second-order valence-corrected chi connectivity index (χ2v) is 4.48. The molecule has 1 heterocycles. The number of hydrogen-bond acceptors (Lipinski definition) is 2. The van der Waals surface area contributed by atoms with Gasteiger partial charge in [-0.25, -0.2) is 0 Å². The van der Waals surface area contributed by atoms with Gasteiger partial charge in [0.15, 0.2) is 0 Å². The Kier molecular flexibility index (Phi) is 3.79. The van der Waals surface area contributed by atoms with E-state index in [4.69, 9.17) is 5.11 Å². The van der Waals surface area contributed by atoms with Crippen LogP contribution in [0.5, 0.6) is 0 Å². The van der Waals surface area contributed by atoms with E-state index in [1.165, 1.54) is 0 Å². The monoisotopic (exact) mass is 233 g/mol. The Balaban J connectivity index is 2.22. The minimum atomic E-state index is 0.118.